The van der Waals surface area contributed by atoms with Gasteiger partial charge in [-0.2, -0.15) is 4.31 Å². The summed E-state index contributed by atoms with van der Waals surface area (Å²) in [6.07, 6.45) is 1.88. The van der Waals surface area contributed by atoms with E-state index in [-0.39, 0.29) is 28.1 Å². The lowest BCUT2D eigenvalue weighted by molar-refractivity contribution is -0.148. The molecule has 0 radical (unpaired) electrons. The van der Waals surface area contributed by atoms with E-state index in [1.54, 1.807) is 13.0 Å². The van der Waals surface area contributed by atoms with Crippen LogP contribution in [0.4, 0.5) is 0 Å². The number of benzene rings is 1. The van der Waals surface area contributed by atoms with Crippen LogP contribution in [0.25, 0.3) is 0 Å². The number of hydrogen-bond donors (Lipinski definition) is 0. The number of nitrogens with zero attached hydrogens (tertiary/aromatic N) is 1. The van der Waals surface area contributed by atoms with Crippen molar-refractivity contribution in [2.45, 2.75) is 37.1 Å². The van der Waals surface area contributed by atoms with Gasteiger partial charge in [-0.15, -0.1) is 0 Å². The second-order valence-electron chi connectivity index (χ2n) is 4.93. The van der Waals surface area contributed by atoms with E-state index >= 15 is 0 Å². The number of carbonyl (C=O) groups excluding carboxylic acids is 1. The first-order valence-electron chi connectivity index (χ1n) is 7.02. The predicted molar refractivity (Wildman–Crippen MR) is 84.6 cm³/mol. The number of ether oxygens (including phenoxy) is 1. The summed E-state index contributed by atoms with van der Waals surface area (Å²) in [6.45, 7) is 2.13. The molecule has 1 atom stereocenters. The van der Waals surface area contributed by atoms with E-state index in [0.29, 0.717) is 12.8 Å². The molecular formula is C14H17Cl2NO4S. The van der Waals surface area contributed by atoms with Gasteiger partial charge in [0, 0.05) is 6.54 Å². The topological polar surface area (TPSA) is 63.7 Å². The Morgan fingerprint density at radius 3 is 2.55 bits per heavy atom. The van der Waals surface area contributed by atoms with E-state index in [2.05, 4.69) is 0 Å². The van der Waals surface area contributed by atoms with Crippen molar-refractivity contribution in [3.05, 3.63) is 28.2 Å². The Balaban J connectivity index is 2.44. The van der Waals surface area contributed by atoms with Gasteiger partial charge in [-0.25, -0.2) is 8.42 Å². The minimum atomic E-state index is -3.97. The van der Waals surface area contributed by atoms with Gasteiger partial charge in [0.1, 0.15) is 10.9 Å². The SMILES string of the molecule is CCOC(=O)C1CCCCN1S(=O)(=O)c1c(Cl)cccc1Cl. The summed E-state index contributed by atoms with van der Waals surface area (Å²) < 4.78 is 31.9. The van der Waals surface area contributed by atoms with E-state index in [4.69, 9.17) is 27.9 Å². The molecule has 22 heavy (non-hydrogen) atoms. The van der Waals surface area contributed by atoms with Gasteiger partial charge in [0.15, 0.2) is 0 Å². The first kappa shape index (κ1) is 17.5. The summed E-state index contributed by atoms with van der Waals surface area (Å²) in [5.41, 5.74) is 0. The van der Waals surface area contributed by atoms with E-state index in [1.807, 2.05) is 0 Å². The van der Waals surface area contributed by atoms with Crippen LogP contribution in [-0.4, -0.2) is 37.9 Å². The first-order valence-corrected chi connectivity index (χ1v) is 9.21. The largest absolute Gasteiger partial charge is 0.465 e. The summed E-state index contributed by atoms with van der Waals surface area (Å²) in [5, 5.41) is 0.0846. The Kier molecular flexibility index (Phi) is 5.71. The quantitative estimate of drug-likeness (QED) is 0.769. The molecule has 1 fully saturated rings. The van der Waals surface area contributed by atoms with Crippen molar-refractivity contribution in [2.75, 3.05) is 13.2 Å². The number of esters is 1. The normalized spacial score (nSPS) is 19.9. The monoisotopic (exact) mass is 365 g/mol. The highest BCUT2D eigenvalue weighted by molar-refractivity contribution is 7.89. The molecule has 1 saturated heterocycles. The van der Waals surface area contributed by atoms with Crippen molar-refractivity contribution >= 4 is 39.2 Å². The maximum atomic E-state index is 12.9. The minimum Gasteiger partial charge on any atom is -0.465 e. The van der Waals surface area contributed by atoms with Gasteiger partial charge >= 0.3 is 5.97 Å². The summed E-state index contributed by atoms with van der Waals surface area (Å²) in [5.74, 6) is -0.533. The van der Waals surface area contributed by atoms with Gasteiger partial charge in [-0.3, -0.25) is 4.79 Å². The zero-order chi connectivity index (χ0) is 16.3. The molecule has 1 unspecified atom stereocenters. The maximum absolute atomic E-state index is 12.9. The summed E-state index contributed by atoms with van der Waals surface area (Å²) >= 11 is 12.0. The van der Waals surface area contributed by atoms with Crippen LogP contribution in [0.1, 0.15) is 26.2 Å². The lowest BCUT2D eigenvalue weighted by Crippen LogP contribution is -2.48. The number of piperidine rings is 1. The molecule has 1 aliphatic heterocycles. The number of hydrogen-bond acceptors (Lipinski definition) is 4. The molecule has 0 spiro atoms. The van der Waals surface area contributed by atoms with Crippen LogP contribution in [0, 0.1) is 0 Å². The van der Waals surface area contributed by atoms with Crippen molar-refractivity contribution < 1.29 is 17.9 Å². The molecule has 8 heteroatoms. The standard InChI is InChI=1S/C14H17Cl2NO4S/c1-2-21-14(18)12-8-3-4-9-17(12)22(19,20)13-10(15)6-5-7-11(13)16/h5-7,12H,2-4,8-9H2,1H3. The Hall–Kier alpha value is -0.820. The van der Waals surface area contributed by atoms with E-state index in [1.165, 1.54) is 12.1 Å². The van der Waals surface area contributed by atoms with Crippen molar-refractivity contribution in [1.82, 2.24) is 4.31 Å². The molecule has 5 nitrogen and oxygen atoms in total. The molecule has 0 N–H and O–H groups in total. The molecule has 2 rings (SSSR count). The third-order valence-electron chi connectivity index (χ3n) is 3.50. The van der Waals surface area contributed by atoms with Crippen molar-refractivity contribution in [1.29, 1.82) is 0 Å². The van der Waals surface area contributed by atoms with Crippen LogP contribution in [0.15, 0.2) is 23.1 Å². The molecule has 0 aliphatic carbocycles. The highest BCUT2D eigenvalue weighted by atomic mass is 35.5. The van der Waals surface area contributed by atoms with Crippen LogP contribution >= 0.6 is 23.2 Å². The van der Waals surface area contributed by atoms with E-state index in [0.717, 1.165) is 10.7 Å². The van der Waals surface area contributed by atoms with E-state index < -0.39 is 22.0 Å². The second-order valence-corrected chi connectivity index (χ2v) is 7.57. The third kappa shape index (κ3) is 3.40. The van der Waals surface area contributed by atoms with Crippen LogP contribution in [0.5, 0.6) is 0 Å². The second kappa shape index (κ2) is 7.17. The fourth-order valence-corrected chi connectivity index (χ4v) is 5.25. The van der Waals surface area contributed by atoms with Gasteiger partial charge < -0.3 is 4.74 Å². The molecule has 0 aromatic heterocycles. The molecule has 122 valence electrons. The fraction of sp³-hybridized carbons (Fsp3) is 0.500. The number of sulfonamides is 1. The lowest BCUT2D eigenvalue weighted by Gasteiger charge is -2.33. The van der Waals surface area contributed by atoms with Crippen LogP contribution in [-0.2, 0) is 19.6 Å². The van der Waals surface area contributed by atoms with Crippen molar-refractivity contribution in [3.8, 4) is 0 Å². The minimum absolute atomic E-state index is 0.0423. The van der Waals surface area contributed by atoms with Crippen LogP contribution in [0.2, 0.25) is 10.0 Å². The number of rotatable bonds is 4. The summed E-state index contributed by atoms with van der Waals surface area (Å²) in [7, 11) is -3.97. The zero-order valence-corrected chi connectivity index (χ0v) is 14.4. The lowest BCUT2D eigenvalue weighted by atomic mass is 10.1. The summed E-state index contributed by atoms with van der Waals surface area (Å²) in [4.78, 5) is 11.9. The van der Waals surface area contributed by atoms with Gasteiger partial charge in [0.25, 0.3) is 0 Å². The number of carbonyl (C=O) groups is 1. The molecule has 1 aromatic carbocycles. The smallest absolute Gasteiger partial charge is 0.324 e. The van der Waals surface area contributed by atoms with Gasteiger partial charge in [-0.05, 0) is 38.3 Å². The van der Waals surface area contributed by atoms with Crippen LogP contribution in [0.3, 0.4) is 0 Å². The molecule has 1 heterocycles. The molecule has 0 saturated carbocycles. The molecule has 0 amide bonds. The molecule has 1 aliphatic rings. The summed E-state index contributed by atoms with van der Waals surface area (Å²) in [6, 6.07) is 3.67. The number of halogens is 2. The van der Waals surface area contributed by atoms with Gasteiger partial charge in [0.2, 0.25) is 10.0 Å². The fourth-order valence-electron chi connectivity index (χ4n) is 2.51. The Morgan fingerprint density at radius 2 is 1.95 bits per heavy atom. The average molecular weight is 366 g/mol. The average Bonchev–Trinajstić information content (AvgIpc) is 2.47. The molecule has 0 bridgehead atoms. The van der Waals surface area contributed by atoms with Crippen LogP contribution < -0.4 is 0 Å². The zero-order valence-electron chi connectivity index (χ0n) is 12.1. The molecular weight excluding hydrogens is 349 g/mol. The Morgan fingerprint density at radius 1 is 1.32 bits per heavy atom. The van der Waals surface area contributed by atoms with E-state index in [9.17, 15) is 13.2 Å². The van der Waals surface area contributed by atoms with Gasteiger partial charge in [-0.1, -0.05) is 29.3 Å². The highest BCUT2D eigenvalue weighted by Crippen LogP contribution is 2.34. The molecule has 1 aromatic rings. The maximum Gasteiger partial charge on any atom is 0.324 e. The predicted octanol–water partition coefficient (Wildman–Crippen LogP) is 3.10. The highest BCUT2D eigenvalue weighted by Gasteiger charge is 2.40. The van der Waals surface area contributed by atoms with Crippen molar-refractivity contribution in [2.24, 2.45) is 0 Å². The Bertz CT molecular complexity index is 643. The Labute approximate surface area is 140 Å². The third-order valence-corrected chi connectivity index (χ3v) is 6.36. The van der Waals surface area contributed by atoms with Gasteiger partial charge in [0.05, 0.1) is 16.7 Å². The van der Waals surface area contributed by atoms with Crippen molar-refractivity contribution in [3.63, 3.8) is 0 Å². The first-order chi connectivity index (χ1) is 10.4.